The molecule has 2 heterocycles. The van der Waals surface area contributed by atoms with Crippen molar-refractivity contribution in [1.29, 1.82) is 0 Å². The van der Waals surface area contributed by atoms with E-state index < -0.39 is 23.5 Å². The van der Waals surface area contributed by atoms with Crippen LogP contribution in [0, 0.1) is 5.82 Å². The quantitative estimate of drug-likeness (QED) is 0.392. The number of aliphatic hydroxyl groups is 1. The van der Waals surface area contributed by atoms with Crippen LogP contribution in [0.2, 0.25) is 0 Å². The second kappa shape index (κ2) is 9.35. The topological polar surface area (TPSA) is 70.1 Å². The number of ether oxygens (including phenoxy) is 1. The molecule has 0 unspecified atom stereocenters. The fraction of sp³-hybridized carbons (Fsp3) is 0.385. The third-order valence-electron chi connectivity index (χ3n) is 6.45. The molecule has 1 N–H and O–H groups in total. The van der Waals surface area contributed by atoms with Crippen LogP contribution in [-0.4, -0.2) is 58.9 Å². The third-order valence-corrected chi connectivity index (χ3v) is 6.45. The Labute approximate surface area is 193 Å². The Balaban J connectivity index is 1.77. The van der Waals surface area contributed by atoms with Crippen molar-refractivity contribution in [3.8, 4) is 5.75 Å². The van der Waals surface area contributed by atoms with Crippen LogP contribution in [0.1, 0.15) is 43.5 Å². The summed E-state index contributed by atoms with van der Waals surface area (Å²) < 4.78 is 19.4. The predicted molar refractivity (Wildman–Crippen MR) is 123 cm³/mol. The number of hydrogen-bond acceptors (Lipinski definition) is 5. The minimum absolute atomic E-state index is 0.0260. The Hall–Kier alpha value is -3.19. The normalized spacial score (nSPS) is 21.5. The second-order valence-corrected chi connectivity index (χ2v) is 8.53. The smallest absolute Gasteiger partial charge is 0.295 e. The molecule has 1 amide bonds. The highest BCUT2D eigenvalue weighted by Crippen LogP contribution is 2.40. The van der Waals surface area contributed by atoms with Gasteiger partial charge in [0.05, 0.1) is 11.6 Å². The molecule has 1 fully saturated rings. The molecular formula is C26H29FN2O4. The summed E-state index contributed by atoms with van der Waals surface area (Å²) in [4.78, 5) is 29.8. The molecule has 33 heavy (non-hydrogen) atoms. The summed E-state index contributed by atoms with van der Waals surface area (Å²) in [7, 11) is 0. The van der Waals surface area contributed by atoms with E-state index in [1.165, 1.54) is 17.0 Å². The lowest BCUT2D eigenvalue weighted by molar-refractivity contribution is -0.140. The number of hydrogen-bond donors (Lipinski definition) is 1. The Morgan fingerprint density at radius 2 is 1.85 bits per heavy atom. The third kappa shape index (κ3) is 4.37. The van der Waals surface area contributed by atoms with Crippen molar-refractivity contribution >= 4 is 17.4 Å². The number of ketones is 1. The second-order valence-electron chi connectivity index (χ2n) is 8.53. The molecule has 0 radical (unpaired) electrons. The molecule has 0 bridgehead atoms. The van der Waals surface area contributed by atoms with Gasteiger partial charge in [-0.15, -0.1) is 0 Å². The van der Waals surface area contributed by atoms with Gasteiger partial charge in [-0.3, -0.25) is 9.59 Å². The van der Waals surface area contributed by atoms with Gasteiger partial charge in [-0.1, -0.05) is 26.0 Å². The zero-order valence-corrected chi connectivity index (χ0v) is 19.2. The Kier molecular flexibility index (Phi) is 6.51. The van der Waals surface area contributed by atoms with Crippen LogP contribution in [-0.2, 0) is 16.0 Å². The first kappa shape index (κ1) is 23.0. The summed E-state index contributed by atoms with van der Waals surface area (Å²) in [6.07, 6.45) is 0.748. The van der Waals surface area contributed by atoms with Crippen LogP contribution in [0.15, 0.2) is 48.0 Å². The zero-order chi connectivity index (χ0) is 23.7. The summed E-state index contributed by atoms with van der Waals surface area (Å²) in [6.45, 7) is 8.58. The van der Waals surface area contributed by atoms with Crippen LogP contribution < -0.4 is 4.74 Å². The molecule has 0 spiro atoms. The highest BCUT2D eigenvalue weighted by molar-refractivity contribution is 6.46. The molecule has 174 valence electrons. The summed E-state index contributed by atoms with van der Waals surface area (Å²) in [5, 5.41) is 11.2. The Morgan fingerprint density at radius 1 is 1.15 bits per heavy atom. The van der Waals surface area contributed by atoms with Gasteiger partial charge in [0.1, 0.15) is 23.4 Å². The number of rotatable bonds is 7. The number of halogens is 1. The summed E-state index contributed by atoms with van der Waals surface area (Å²) in [6, 6.07) is 10.2. The summed E-state index contributed by atoms with van der Waals surface area (Å²) in [5.74, 6) is -1.27. The van der Waals surface area contributed by atoms with E-state index in [-0.39, 0.29) is 17.4 Å². The number of fused-ring (bicyclic) bond motifs is 1. The van der Waals surface area contributed by atoms with Crippen molar-refractivity contribution in [2.45, 2.75) is 39.3 Å². The molecule has 6 nitrogen and oxygen atoms in total. The average Bonchev–Trinajstić information content (AvgIpc) is 3.30. The lowest BCUT2D eigenvalue weighted by atomic mass is 9.94. The van der Waals surface area contributed by atoms with Crippen molar-refractivity contribution < 1.29 is 23.8 Å². The number of benzene rings is 2. The summed E-state index contributed by atoms with van der Waals surface area (Å²) in [5.41, 5.74) is 2.01. The number of carbonyl (C=O) groups is 2. The number of amides is 1. The monoisotopic (exact) mass is 452 g/mol. The number of carbonyl (C=O) groups excluding carboxylic acids is 2. The standard InChI is InChI=1S/C26H29FN2O4/c1-4-28(5-2)12-13-29-23(17-6-9-20(27)10-7-17)22(25(31)26(29)32)24(30)18-8-11-21-19(15-18)14-16(3)33-21/h6-11,15-16,23,30H,4-5,12-14H2,1-3H3/t16-,23+/m0/s1. The van der Waals surface area contributed by atoms with Gasteiger partial charge in [-0.2, -0.15) is 0 Å². The van der Waals surface area contributed by atoms with Crippen LogP contribution in [0.25, 0.3) is 5.76 Å². The fourth-order valence-electron chi connectivity index (χ4n) is 4.62. The molecule has 2 atom stereocenters. The lowest BCUT2D eigenvalue weighted by Crippen LogP contribution is -2.38. The number of aliphatic hydroxyl groups excluding tert-OH is 1. The minimum Gasteiger partial charge on any atom is -0.507 e. The maximum Gasteiger partial charge on any atom is 0.295 e. The van der Waals surface area contributed by atoms with Gasteiger partial charge in [-0.05, 0) is 61.5 Å². The maximum absolute atomic E-state index is 13.6. The van der Waals surface area contributed by atoms with E-state index in [1.807, 2.05) is 20.8 Å². The van der Waals surface area contributed by atoms with Gasteiger partial charge >= 0.3 is 0 Å². The molecule has 0 aromatic heterocycles. The largest absolute Gasteiger partial charge is 0.507 e. The molecule has 7 heteroatoms. The van der Waals surface area contributed by atoms with Crippen LogP contribution in [0.4, 0.5) is 4.39 Å². The first-order valence-electron chi connectivity index (χ1n) is 11.4. The van der Waals surface area contributed by atoms with Crippen LogP contribution >= 0.6 is 0 Å². The van der Waals surface area contributed by atoms with Crippen molar-refractivity contribution in [1.82, 2.24) is 9.80 Å². The molecule has 1 saturated heterocycles. The highest BCUT2D eigenvalue weighted by atomic mass is 19.1. The van der Waals surface area contributed by atoms with Crippen molar-refractivity contribution in [3.63, 3.8) is 0 Å². The van der Waals surface area contributed by atoms with Crippen LogP contribution in [0.3, 0.4) is 0 Å². The molecule has 4 rings (SSSR count). The molecule has 2 aliphatic rings. The Morgan fingerprint density at radius 3 is 2.52 bits per heavy atom. The van der Waals surface area contributed by atoms with Gasteiger partial charge < -0.3 is 19.6 Å². The number of likely N-dealkylation sites (tertiary alicyclic amines) is 1. The van der Waals surface area contributed by atoms with E-state index in [1.54, 1.807) is 30.3 Å². The molecule has 0 aliphatic carbocycles. The first-order chi connectivity index (χ1) is 15.8. The van der Waals surface area contributed by atoms with Gasteiger partial charge in [0.2, 0.25) is 0 Å². The lowest BCUT2D eigenvalue weighted by Gasteiger charge is -2.28. The van der Waals surface area contributed by atoms with Crippen molar-refractivity contribution in [2.24, 2.45) is 0 Å². The van der Waals surface area contributed by atoms with Gasteiger partial charge in [0.25, 0.3) is 11.7 Å². The van der Waals surface area contributed by atoms with E-state index in [9.17, 15) is 19.1 Å². The maximum atomic E-state index is 13.6. The summed E-state index contributed by atoms with van der Waals surface area (Å²) >= 11 is 0. The zero-order valence-electron chi connectivity index (χ0n) is 19.2. The van der Waals surface area contributed by atoms with E-state index in [2.05, 4.69) is 4.90 Å². The fourth-order valence-corrected chi connectivity index (χ4v) is 4.62. The van der Waals surface area contributed by atoms with Crippen LogP contribution in [0.5, 0.6) is 5.75 Å². The van der Waals surface area contributed by atoms with Crippen molar-refractivity contribution in [2.75, 3.05) is 26.2 Å². The Bertz CT molecular complexity index is 1090. The number of nitrogens with zero attached hydrogens (tertiary/aromatic N) is 2. The average molecular weight is 453 g/mol. The van der Waals surface area contributed by atoms with Crippen molar-refractivity contribution in [3.05, 3.63) is 70.5 Å². The van der Waals surface area contributed by atoms with E-state index in [0.29, 0.717) is 30.6 Å². The highest BCUT2D eigenvalue weighted by Gasteiger charge is 2.46. The van der Waals surface area contributed by atoms with E-state index >= 15 is 0 Å². The van der Waals surface area contributed by atoms with Gasteiger partial charge in [0, 0.05) is 25.1 Å². The molecule has 2 aromatic rings. The molecule has 2 aliphatic heterocycles. The van der Waals surface area contributed by atoms with Gasteiger partial charge in [-0.25, -0.2) is 4.39 Å². The predicted octanol–water partition coefficient (Wildman–Crippen LogP) is 3.91. The SMILES string of the molecule is CCN(CC)CCN1C(=O)C(=O)C(=C(O)c2ccc3c(c2)C[C@H](C)O3)[C@H]1c1ccc(F)cc1. The minimum atomic E-state index is -0.787. The van der Waals surface area contributed by atoms with Gasteiger partial charge in [0.15, 0.2) is 0 Å². The number of Topliss-reactive ketones (excluding diaryl/α,β-unsaturated/α-hetero) is 1. The molecule has 2 aromatic carbocycles. The molecule has 0 saturated carbocycles. The van der Waals surface area contributed by atoms with E-state index in [4.69, 9.17) is 4.74 Å². The first-order valence-corrected chi connectivity index (χ1v) is 11.4. The number of likely N-dealkylation sites (N-methyl/N-ethyl adjacent to an activating group) is 1. The van der Waals surface area contributed by atoms with E-state index in [0.717, 1.165) is 24.4 Å². The molecular weight excluding hydrogens is 423 g/mol.